The van der Waals surface area contributed by atoms with E-state index in [2.05, 4.69) is 50.9 Å². The van der Waals surface area contributed by atoms with Crippen molar-refractivity contribution in [3.63, 3.8) is 0 Å². The minimum atomic E-state index is 0.147. The Labute approximate surface area is 68.9 Å². The van der Waals surface area contributed by atoms with E-state index in [0.29, 0.717) is 0 Å². The average Bonchev–Trinajstić information content (AvgIpc) is 2.06. The van der Waals surface area contributed by atoms with E-state index in [1.165, 1.54) is 11.4 Å². The summed E-state index contributed by atoms with van der Waals surface area (Å²) in [6.45, 7) is 8.79. The molecule has 0 saturated carbocycles. The van der Waals surface area contributed by atoms with Crippen molar-refractivity contribution in [1.82, 2.24) is 0 Å². The Bertz CT molecular complexity index is 231. The van der Waals surface area contributed by atoms with Gasteiger partial charge in [0.2, 0.25) is 11.4 Å². The molecule has 0 N–H and O–H groups in total. The first kappa shape index (κ1) is 8.44. The number of hydrogen-bond donors (Lipinski definition) is 0. The molecular formula is C9H18N2+2. The van der Waals surface area contributed by atoms with Crippen LogP contribution in [0.2, 0.25) is 0 Å². The van der Waals surface area contributed by atoms with Gasteiger partial charge in [-0.25, -0.2) is 0 Å². The second-order valence-electron chi connectivity index (χ2n) is 3.78. The van der Waals surface area contributed by atoms with Gasteiger partial charge in [0.05, 0.1) is 13.8 Å². The van der Waals surface area contributed by atoms with Crippen molar-refractivity contribution in [2.24, 2.45) is 0 Å². The molecule has 2 heteroatoms. The van der Waals surface area contributed by atoms with E-state index >= 15 is 0 Å². The van der Waals surface area contributed by atoms with Crippen LogP contribution in [-0.4, -0.2) is 40.3 Å². The van der Waals surface area contributed by atoms with Gasteiger partial charge in [0.1, 0.15) is 14.1 Å². The summed E-state index contributed by atoms with van der Waals surface area (Å²) in [6.07, 6.45) is 0. The summed E-state index contributed by atoms with van der Waals surface area (Å²) in [7, 11) is 4.28. The number of nitrogens with zero attached hydrogens (tertiary/aromatic N) is 2. The minimum Gasteiger partial charge on any atom is -0.169 e. The van der Waals surface area contributed by atoms with Gasteiger partial charge in [0, 0.05) is 13.8 Å². The van der Waals surface area contributed by atoms with E-state index in [4.69, 9.17) is 0 Å². The van der Waals surface area contributed by atoms with E-state index in [-0.39, 0.29) is 5.66 Å². The first-order chi connectivity index (χ1) is 4.89. The van der Waals surface area contributed by atoms with Crippen molar-refractivity contribution in [2.75, 3.05) is 14.1 Å². The molecule has 62 valence electrons. The smallest absolute Gasteiger partial charge is 0.169 e. The first-order valence-corrected chi connectivity index (χ1v) is 4.04. The Hall–Kier alpha value is -0.660. The lowest BCUT2D eigenvalue weighted by atomic mass is 10.2. The van der Waals surface area contributed by atoms with Gasteiger partial charge in [-0.15, -0.1) is 0 Å². The summed E-state index contributed by atoms with van der Waals surface area (Å²) in [5.41, 5.74) is 2.89. The van der Waals surface area contributed by atoms with Gasteiger partial charge in [-0.2, -0.15) is 9.15 Å². The molecule has 11 heavy (non-hydrogen) atoms. The minimum absolute atomic E-state index is 0.147. The highest BCUT2D eigenvalue weighted by atomic mass is 15.3. The first-order valence-electron chi connectivity index (χ1n) is 4.04. The van der Waals surface area contributed by atoms with Crippen LogP contribution in [-0.2, 0) is 0 Å². The van der Waals surface area contributed by atoms with E-state index in [9.17, 15) is 0 Å². The topological polar surface area (TPSA) is 6.02 Å². The molecule has 1 aliphatic heterocycles. The Morgan fingerprint density at radius 3 is 1.27 bits per heavy atom. The van der Waals surface area contributed by atoms with Crippen molar-refractivity contribution < 1.29 is 9.15 Å². The van der Waals surface area contributed by atoms with Crippen molar-refractivity contribution in [2.45, 2.75) is 33.4 Å². The second kappa shape index (κ2) is 2.16. The molecule has 1 rings (SSSR count). The molecule has 0 amide bonds. The largest absolute Gasteiger partial charge is 0.345 e. The summed E-state index contributed by atoms with van der Waals surface area (Å²) >= 11 is 0. The molecule has 1 heterocycles. The summed E-state index contributed by atoms with van der Waals surface area (Å²) < 4.78 is 4.62. The number of hydrogen-bond acceptors (Lipinski definition) is 0. The molecule has 0 bridgehead atoms. The molecule has 0 saturated heterocycles. The third kappa shape index (κ3) is 0.924. The lowest BCUT2D eigenvalue weighted by Crippen LogP contribution is -2.40. The van der Waals surface area contributed by atoms with Gasteiger partial charge in [-0.3, -0.25) is 0 Å². The molecule has 0 aromatic carbocycles. The Morgan fingerprint density at radius 2 is 1.18 bits per heavy atom. The normalized spacial score (nSPS) is 23.5. The van der Waals surface area contributed by atoms with Crippen molar-refractivity contribution in [3.05, 3.63) is 0 Å². The van der Waals surface area contributed by atoms with Gasteiger partial charge in [0.15, 0.2) is 0 Å². The third-order valence-electron chi connectivity index (χ3n) is 3.17. The Morgan fingerprint density at radius 1 is 0.909 bits per heavy atom. The van der Waals surface area contributed by atoms with Crippen LogP contribution in [0.3, 0.4) is 0 Å². The van der Waals surface area contributed by atoms with Gasteiger partial charge in [-0.05, 0) is 0 Å². The molecular weight excluding hydrogens is 136 g/mol. The van der Waals surface area contributed by atoms with E-state index < -0.39 is 0 Å². The summed E-state index contributed by atoms with van der Waals surface area (Å²) in [5.74, 6) is 0. The maximum atomic E-state index is 2.31. The zero-order valence-electron chi connectivity index (χ0n) is 8.39. The molecule has 2 nitrogen and oxygen atoms in total. The van der Waals surface area contributed by atoms with Crippen LogP contribution in [0.25, 0.3) is 0 Å². The highest BCUT2D eigenvalue weighted by Gasteiger charge is 2.46. The fourth-order valence-electron chi connectivity index (χ4n) is 1.53. The standard InChI is InChI=1S/C9H18N2/c1-7-8(2)11(6)9(3,4)10(7)5/h1-6H3/q+2. The molecule has 0 spiro atoms. The van der Waals surface area contributed by atoms with E-state index in [0.717, 1.165) is 0 Å². The molecule has 0 aromatic rings. The quantitative estimate of drug-likeness (QED) is 0.458. The SMILES string of the molecule is CC1=[N+](C)C(C)(C)[N+](C)=C1C. The zero-order chi connectivity index (χ0) is 8.81. The van der Waals surface area contributed by atoms with E-state index in [1.54, 1.807) is 0 Å². The molecule has 1 aliphatic rings. The van der Waals surface area contributed by atoms with Gasteiger partial charge < -0.3 is 0 Å². The van der Waals surface area contributed by atoms with Gasteiger partial charge >= 0.3 is 5.66 Å². The predicted molar refractivity (Wildman–Crippen MR) is 47.8 cm³/mol. The van der Waals surface area contributed by atoms with E-state index in [1.807, 2.05) is 0 Å². The number of rotatable bonds is 0. The molecule has 0 radical (unpaired) electrons. The van der Waals surface area contributed by atoms with Crippen LogP contribution in [0.1, 0.15) is 27.7 Å². The third-order valence-corrected chi connectivity index (χ3v) is 3.17. The fourth-order valence-corrected chi connectivity index (χ4v) is 1.53. The summed E-state index contributed by atoms with van der Waals surface area (Å²) in [5, 5.41) is 0. The lowest BCUT2D eigenvalue weighted by Gasteiger charge is -2.10. The molecule has 0 aromatic heterocycles. The predicted octanol–water partition coefficient (Wildman–Crippen LogP) is 0.942. The van der Waals surface area contributed by atoms with Crippen molar-refractivity contribution in [1.29, 1.82) is 0 Å². The van der Waals surface area contributed by atoms with Crippen LogP contribution in [0.5, 0.6) is 0 Å². The van der Waals surface area contributed by atoms with Crippen LogP contribution in [0.15, 0.2) is 0 Å². The molecule has 0 unspecified atom stereocenters. The van der Waals surface area contributed by atoms with Crippen molar-refractivity contribution in [3.8, 4) is 0 Å². The lowest BCUT2D eigenvalue weighted by molar-refractivity contribution is -0.785. The maximum Gasteiger partial charge on any atom is 0.345 e. The Kier molecular flexibility index (Phi) is 1.66. The van der Waals surface area contributed by atoms with Crippen LogP contribution >= 0.6 is 0 Å². The fraction of sp³-hybridized carbons (Fsp3) is 0.778. The van der Waals surface area contributed by atoms with Crippen LogP contribution in [0.4, 0.5) is 0 Å². The Balaban J connectivity index is 3.27. The van der Waals surface area contributed by atoms with Crippen LogP contribution in [0, 0.1) is 0 Å². The molecule has 0 atom stereocenters. The summed E-state index contributed by atoms with van der Waals surface area (Å²) in [6, 6.07) is 0. The molecule has 0 aliphatic carbocycles. The maximum absolute atomic E-state index is 2.31. The van der Waals surface area contributed by atoms with Crippen LogP contribution < -0.4 is 0 Å². The van der Waals surface area contributed by atoms with Gasteiger partial charge in [0.25, 0.3) is 0 Å². The second-order valence-corrected chi connectivity index (χ2v) is 3.78. The highest BCUT2D eigenvalue weighted by molar-refractivity contribution is 6.36. The summed E-state index contributed by atoms with van der Waals surface area (Å²) in [4.78, 5) is 0. The molecule has 0 fully saturated rings. The zero-order valence-corrected chi connectivity index (χ0v) is 8.39. The highest BCUT2D eigenvalue weighted by Crippen LogP contribution is 2.14. The van der Waals surface area contributed by atoms with Crippen molar-refractivity contribution >= 4 is 11.4 Å². The average molecular weight is 154 g/mol. The van der Waals surface area contributed by atoms with Gasteiger partial charge in [-0.1, -0.05) is 0 Å². The monoisotopic (exact) mass is 154 g/mol.